The van der Waals surface area contributed by atoms with Crippen LogP contribution in [0.1, 0.15) is 12.5 Å². The molecule has 1 rings (SSSR count). The first-order chi connectivity index (χ1) is 9.61. The first-order valence-electron chi connectivity index (χ1n) is 6.25. The fraction of sp³-hybridized carbons (Fsp3) is 0.250. The number of ether oxygens (including phenoxy) is 2. The van der Waals surface area contributed by atoms with Gasteiger partial charge in [-0.2, -0.15) is 0 Å². The van der Waals surface area contributed by atoms with E-state index in [1.807, 2.05) is 30.3 Å². The highest BCUT2D eigenvalue weighted by molar-refractivity contribution is 5.87. The van der Waals surface area contributed by atoms with Gasteiger partial charge in [-0.25, -0.2) is 4.79 Å². The minimum atomic E-state index is -0.519. The van der Waals surface area contributed by atoms with E-state index in [0.717, 1.165) is 11.6 Å². The Morgan fingerprint density at radius 2 is 2.00 bits per heavy atom. The molecule has 0 amide bonds. The van der Waals surface area contributed by atoms with E-state index in [-0.39, 0.29) is 12.4 Å². The molecule has 0 aromatic heterocycles. The van der Waals surface area contributed by atoms with Gasteiger partial charge in [-0.1, -0.05) is 36.9 Å². The van der Waals surface area contributed by atoms with Gasteiger partial charge in [0.2, 0.25) is 0 Å². The molecule has 0 aliphatic heterocycles. The third kappa shape index (κ3) is 6.66. The average molecular weight is 274 g/mol. The van der Waals surface area contributed by atoms with Gasteiger partial charge in [0.25, 0.3) is 0 Å². The average Bonchev–Trinajstić information content (AvgIpc) is 2.46. The summed E-state index contributed by atoms with van der Waals surface area (Å²) in [7, 11) is 0. The Morgan fingerprint density at radius 3 is 2.60 bits per heavy atom. The van der Waals surface area contributed by atoms with Crippen molar-refractivity contribution in [3.63, 3.8) is 0 Å². The lowest BCUT2D eigenvalue weighted by atomic mass is 10.2. The molecule has 4 heteroatoms. The predicted molar refractivity (Wildman–Crippen MR) is 76.0 cm³/mol. The maximum absolute atomic E-state index is 11.0. The minimum absolute atomic E-state index is 0.0431. The van der Waals surface area contributed by atoms with Gasteiger partial charge in [0.15, 0.2) is 5.78 Å². The summed E-state index contributed by atoms with van der Waals surface area (Å²) in [4.78, 5) is 22.0. The second-order valence-electron chi connectivity index (χ2n) is 4.14. The predicted octanol–water partition coefficient (Wildman–Crippen LogP) is 2.45. The number of hydrogen-bond donors (Lipinski definition) is 0. The molecular formula is C16H18O4. The summed E-state index contributed by atoms with van der Waals surface area (Å²) < 4.78 is 10.6. The standard InChI is InChI=1S/C16H18O4/c1-3-16(18)20-12-15(10-9-13(2)17)19-11-14-7-5-4-6-8-14/h3-10,15H,1,11-12H2,2H3/b10-9+/t15-/m0/s1. The van der Waals surface area contributed by atoms with Gasteiger partial charge in [-0.3, -0.25) is 4.79 Å². The fourth-order valence-corrected chi connectivity index (χ4v) is 1.40. The quantitative estimate of drug-likeness (QED) is 0.539. The highest BCUT2D eigenvalue weighted by Gasteiger charge is 2.08. The molecular weight excluding hydrogens is 256 g/mol. The first kappa shape index (κ1) is 15.9. The highest BCUT2D eigenvalue weighted by atomic mass is 16.6. The van der Waals surface area contributed by atoms with Crippen molar-refractivity contribution in [3.8, 4) is 0 Å². The van der Waals surface area contributed by atoms with Crippen LogP contribution in [-0.2, 0) is 25.7 Å². The summed E-state index contributed by atoms with van der Waals surface area (Å²) >= 11 is 0. The van der Waals surface area contributed by atoms with E-state index in [1.54, 1.807) is 6.08 Å². The van der Waals surface area contributed by atoms with Crippen LogP contribution in [0.4, 0.5) is 0 Å². The second kappa shape index (κ2) is 8.82. The van der Waals surface area contributed by atoms with E-state index in [9.17, 15) is 9.59 Å². The van der Waals surface area contributed by atoms with Crippen molar-refractivity contribution in [3.05, 3.63) is 60.7 Å². The molecule has 1 atom stereocenters. The Morgan fingerprint density at radius 1 is 1.30 bits per heavy atom. The van der Waals surface area contributed by atoms with E-state index in [4.69, 9.17) is 9.47 Å². The van der Waals surface area contributed by atoms with Crippen LogP contribution in [-0.4, -0.2) is 24.5 Å². The number of allylic oxidation sites excluding steroid dienone is 1. The zero-order valence-corrected chi connectivity index (χ0v) is 11.5. The molecule has 0 saturated carbocycles. The van der Waals surface area contributed by atoms with Gasteiger partial charge < -0.3 is 9.47 Å². The van der Waals surface area contributed by atoms with Crippen LogP contribution in [0.25, 0.3) is 0 Å². The van der Waals surface area contributed by atoms with Crippen molar-refractivity contribution in [2.45, 2.75) is 19.6 Å². The molecule has 0 aliphatic rings. The van der Waals surface area contributed by atoms with Crippen LogP contribution >= 0.6 is 0 Å². The van der Waals surface area contributed by atoms with E-state index in [1.165, 1.54) is 13.0 Å². The number of esters is 1. The third-order valence-corrected chi connectivity index (χ3v) is 2.41. The number of carbonyl (C=O) groups excluding carboxylic acids is 2. The van der Waals surface area contributed by atoms with E-state index in [0.29, 0.717) is 6.61 Å². The van der Waals surface area contributed by atoms with Crippen LogP contribution in [0, 0.1) is 0 Å². The number of ketones is 1. The molecule has 0 spiro atoms. The van der Waals surface area contributed by atoms with Crippen molar-refractivity contribution >= 4 is 11.8 Å². The van der Waals surface area contributed by atoms with E-state index < -0.39 is 12.1 Å². The Kier molecular flexibility index (Phi) is 7.00. The molecule has 1 aromatic rings. The molecule has 4 nitrogen and oxygen atoms in total. The Labute approximate surface area is 118 Å². The molecule has 20 heavy (non-hydrogen) atoms. The Hall–Kier alpha value is -2.20. The Bertz CT molecular complexity index is 477. The lowest BCUT2D eigenvalue weighted by Crippen LogP contribution is -2.19. The minimum Gasteiger partial charge on any atom is -0.459 e. The maximum Gasteiger partial charge on any atom is 0.330 e. The number of hydrogen-bond acceptors (Lipinski definition) is 4. The third-order valence-electron chi connectivity index (χ3n) is 2.41. The number of carbonyl (C=O) groups is 2. The topological polar surface area (TPSA) is 52.6 Å². The first-order valence-corrected chi connectivity index (χ1v) is 6.25. The monoisotopic (exact) mass is 274 g/mol. The normalized spacial score (nSPS) is 12.1. The van der Waals surface area contributed by atoms with Gasteiger partial charge in [-0.15, -0.1) is 0 Å². The van der Waals surface area contributed by atoms with E-state index in [2.05, 4.69) is 6.58 Å². The van der Waals surface area contributed by atoms with Crippen molar-refractivity contribution < 1.29 is 19.1 Å². The largest absolute Gasteiger partial charge is 0.459 e. The van der Waals surface area contributed by atoms with Crippen molar-refractivity contribution in [1.29, 1.82) is 0 Å². The Balaban J connectivity index is 2.55. The van der Waals surface area contributed by atoms with Gasteiger partial charge in [0, 0.05) is 6.08 Å². The summed E-state index contributed by atoms with van der Waals surface area (Å²) in [6, 6.07) is 9.61. The maximum atomic E-state index is 11.0. The van der Waals surface area contributed by atoms with E-state index >= 15 is 0 Å². The lowest BCUT2D eigenvalue weighted by molar-refractivity contribution is -0.141. The summed E-state index contributed by atoms with van der Waals surface area (Å²) in [6.45, 7) is 5.18. The molecule has 0 bridgehead atoms. The van der Waals surface area contributed by atoms with Crippen LogP contribution < -0.4 is 0 Å². The van der Waals surface area contributed by atoms with Crippen LogP contribution in [0.3, 0.4) is 0 Å². The van der Waals surface area contributed by atoms with Crippen molar-refractivity contribution in [2.75, 3.05) is 6.61 Å². The molecule has 0 unspecified atom stereocenters. The SMILES string of the molecule is C=CC(=O)OC[C@H](/C=C/C(C)=O)OCc1ccccc1. The summed E-state index contributed by atoms with van der Waals surface area (Å²) in [6.07, 6.45) is 3.60. The van der Waals surface area contributed by atoms with Crippen LogP contribution in [0.2, 0.25) is 0 Å². The van der Waals surface area contributed by atoms with Crippen LogP contribution in [0.15, 0.2) is 55.1 Å². The lowest BCUT2D eigenvalue weighted by Gasteiger charge is -2.14. The molecule has 0 saturated heterocycles. The second-order valence-corrected chi connectivity index (χ2v) is 4.14. The number of rotatable bonds is 8. The summed E-state index contributed by atoms with van der Waals surface area (Å²) in [5.41, 5.74) is 1.00. The van der Waals surface area contributed by atoms with Crippen molar-refractivity contribution in [2.24, 2.45) is 0 Å². The van der Waals surface area contributed by atoms with Gasteiger partial charge in [0.05, 0.1) is 6.61 Å². The molecule has 0 aliphatic carbocycles. The summed E-state index contributed by atoms with van der Waals surface area (Å²) in [5.74, 6) is -0.608. The molecule has 0 fully saturated rings. The molecule has 0 radical (unpaired) electrons. The zero-order valence-electron chi connectivity index (χ0n) is 11.5. The smallest absolute Gasteiger partial charge is 0.330 e. The summed E-state index contributed by atoms with van der Waals surface area (Å²) in [5, 5.41) is 0. The van der Waals surface area contributed by atoms with Crippen molar-refractivity contribution in [1.82, 2.24) is 0 Å². The van der Waals surface area contributed by atoms with Gasteiger partial charge >= 0.3 is 5.97 Å². The van der Waals surface area contributed by atoms with Gasteiger partial charge in [0.1, 0.15) is 12.7 Å². The molecule has 0 N–H and O–H groups in total. The zero-order chi connectivity index (χ0) is 14.8. The molecule has 0 heterocycles. The highest BCUT2D eigenvalue weighted by Crippen LogP contribution is 2.05. The number of benzene rings is 1. The molecule has 1 aromatic carbocycles. The van der Waals surface area contributed by atoms with Crippen LogP contribution in [0.5, 0.6) is 0 Å². The fourth-order valence-electron chi connectivity index (χ4n) is 1.40. The molecule has 106 valence electrons. The van der Waals surface area contributed by atoms with Gasteiger partial charge in [-0.05, 0) is 24.6 Å².